The zero-order valence-electron chi connectivity index (χ0n) is 10.7. The van der Waals surface area contributed by atoms with Crippen molar-refractivity contribution in [2.24, 2.45) is 0 Å². The molecule has 0 aliphatic heterocycles. The van der Waals surface area contributed by atoms with Crippen molar-refractivity contribution >= 4 is 0 Å². The molecule has 0 saturated heterocycles. The SMILES string of the molecule is CCCNC(C)c1ccc(-n2ccnc2)c(F)c1. The Morgan fingerprint density at radius 1 is 1.44 bits per heavy atom. The summed E-state index contributed by atoms with van der Waals surface area (Å²) in [6, 6.07) is 5.49. The second kappa shape index (κ2) is 5.78. The van der Waals surface area contributed by atoms with E-state index in [9.17, 15) is 4.39 Å². The van der Waals surface area contributed by atoms with Gasteiger partial charge in [-0.25, -0.2) is 9.37 Å². The van der Waals surface area contributed by atoms with E-state index in [1.807, 2.05) is 13.0 Å². The summed E-state index contributed by atoms with van der Waals surface area (Å²) in [5.41, 5.74) is 1.49. The molecule has 1 N–H and O–H groups in total. The summed E-state index contributed by atoms with van der Waals surface area (Å²) in [5, 5.41) is 3.34. The predicted molar refractivity (Wildman–Crippen MR) is 70.2 cm³/mol. The van der Waals surface area contributed by atoms with Crippen LogP contribution in [0, 0.1) is 5.82 Å². The van der Waals surface area contributed by atoms with E-state index in [2.05, 4.69) is 17.2 Å². The highest BCUT2D eigenvalue weighted by Gasteiger charge is 2.09. The second-order valence-corrected chi connectivity index (χ2v) is 4.36. The number of rotatable bonds is 5. The fraction of sp³-hybridized carbons (Fsp3) is 0.357. The van der Waals surface area contributed by atoms with Gasteiger partial charge in [0.15, 0.2) is 0 Å². The third-order valence-corrected chi connectivity index (χ3v) is 2.95. The van der Waals surface area contributed by atoms with Crippen LogP contribution in [0.1, 0.15) is 31.9 Å². The molecule has 1 heterocycles. The summed E-state index contributed by atoms with van der Waals surface area (Å²) in [7, 11) is 0. The molecule has 0 aliphatic carbocycles. The van der Waals surface area contributed by atoms with E-state index in [-0.39, 0.29) is 11.9 Å². The van der Waals surface area contributed by atoms with Gasteiger partial charge in [-0.05, 0) is 37.6 Å². The Labute approximate surface area is 107 Å². The van der Waals surface area contributed by atoms with Gasteiger partial charge < -0.3 is 9.88 Å². The molecule has 18 heavy (non-hydrogen) atoms. The van der Waals surface area contributed by atoms with Crippen molar-refractivity contribution < 1.29 is 4.39 Å². The maximum Gasteiger partial charge on any atom is 0.147 e. The molecule has 0 saturated carbocycles. The molecule has 0 spiro atoms. The van der Waals surface area contributed by atoms with Gasteiger partial charge in [0, 0.05) is 18.4 Å². The number of hydrogen-bond donors (Lipinski definition) is 1. The van der Waals surface area contributed by atoms with E-state index in [1.165, 1.54) is 0 Å². The molecule has 1 aromatic carbocycles. The number of aromatic nitrogens is 2. The van der Waals surface area contributed by atoms with E-state index < -0.39 is 0 Å². The van der Waals surface area contributed by atoms with Gasteiger partial charge in [0.2, 0.25) is 0 Å². The van der Waals surface area contributed by atoms with Gasteiger partial charge >= 0.3 is 0 Å². The van der Waals surface area contributed by atoms with Crippen LogP contribution in [0.2, 0.25) is 0 Å². The van der Waals surface area contributed by atoms with Crippen molar-refractivity contribution in [1.29, 1.82) is 0 Å². The Kier molecular flexibility index (Phi) is 4.10. The minimum Gasteiger partial charge on any atom is -0.310 e. The van der Waals surface area contributed by atoms with Crippen molar-refractivity contribution in [2.75, 3.05) is 6.54 Å². The second-order valence-electron chi connectivity index (χ2n) is 4.36. The quantitative estimate of drug-likeness (QED) is 0.880. The third kappa shape index (κ3) is 2.76. The van der Waals surface area contributed by atoms with Gasteiger partial charge in [-0.3, -0.25) is 0 Å². The lowest BCUT2D eigenvalue weighted by Gasteiger charge is -2.14. The van der Waals surface area contributed by atoms with Crippen molar-refractivity contribution in [1.82, 2.24) is 14.9 Å². The predicted octanol–water partition coefficient (Wildman–Crippen LogP) is 3.07. The minimum atomic E-state index is -0.226. The Morgan fingerprint density at radius 3 is 2.89 bits per heavy atom. The standard InChI is InChI=1S/C14H18FN3/c1-3-6-17-11(2)12-4-5-14(13(15)9-12)18-8-7-16-10-18/h4-5,7-11,17H,3,6H2,1-2H3. The largest absolute Gasteiger partial charge is 0.310 e. The molecule has 0 fully saturated rings. The maximum atomic E-state index is 14.0. The molecule has 0 aliphatic rings. The first-order chi connectivity index (χ1) is 8.72. The van der Waals surface area contributed by atoms with Gasteiger partial charge in [0.1, 0.15) is 5.82 Å². The monoisotopic (exact) mass is 247 g/mol. The molecule has 1 atom stereocenters. The average Bonchev–Trinajstić information content (AvgIpc) is 2.89. The highest BCUT2D eigenvalue weighted by Crippen LogP contribution is 2.19. The molecule has 3 nitrogen and oxygen atoms in total. The molecular formula is C14H18FN3. The first kappa shape index (κ1) is 12.8. The summed E-state index contributed by atoms with van der Waals surface area (Å²) in [5.74, 6) is -0.226. The van der Waals surface area contributed by atoms with Crippen LogP contribution >= 0.6 is 0 Å². The van der Waals surface area contributed by atoms with Crippen molar-refractivity contribution in [3.63, 3.8) is 0 Å². The first-order valence-electron chi connectivity index (χ1n) is 6.23. The fourth-order valence-corrected chi connectivity index (χ4v) is 1.88. The smallest absolute Gasteiger partial charge is 0.147 e. The fourth-order valence-electron chi connectivity index (χ4n) is 1.88. The third-order valence-electron chi connectivity index (χ3n) is 2.95. The van der Waals surface area contributed by atoms with E-state index in [0.29, 0.717) is 5.69 Å². The van der Waals surface area contributed by atoms with Gasteiger partial charge in [0.05, 0.1) is 12.0 Å². The number of hydrogen-bond acceptors (Lipinski definition) is 2. The van der Waals surface area contributed by atoms with Crippen molar-refractivity contribution in [2.45, 2.75) is 26.3 Å². The molecule has 0 radical (unpaired) electrons. The first-order valence-corrected chi connectivity index (χ1v) is 6.23. The molecule has 4 heteroatoms. The van der Waals surface area contributed by atoms with Crippen LogP contribution < -0.4 is 5.32 Å². The lowest BCUT2D eigenvalue weighted by atomic mass is 10.1. The lowest BCUT2D eigenvalue weighted by Crippen LogP contribution is -2.19. The Hall–Kier alpha value is -1.68. The van der Waals surface area contributed by atoms with E-state index >= 15 is 0 Å². The number of halogens is 1. The molecule has 1 unspecified atom stereocenters. The molecule has 96 valence electrons. The van der Waals surface area contributed by atoms with Crippen LogP contribution in [0.4, 0.5) is 4.39 Å². The van der Waals surface area contributed by atoms with Crippen molar-refractivity contribution in [3.05, 3.63) is 48.3 Å². The summed E-state index contributed by atoms with van der Waals surface area (Å²) >= 11 is 0. The maximum absolute atomic E-state index is 14.0. The van der Waals surface area contributed by atoms with E-state index in [0.717, 1.165) is 18.5 Å². The van der Waals surface area contributed by atoms with Gasteiger partial charge in [-0.2, -0.15) is 0 Å². The number of benzene rings is 1. The average molecular weight is 247 g/mol. The van der Waals surface area contributed by atoms with E-state index in [4.69, 9.17) is 0 Å². The molecule has 1 aromatic heterocycles. The van der Waals surface area contributed by atoms with Crippen LogP contribution in [0.25, 0.3) is 5.69 Å². The molecule has 2 rings (SSSR count). The van der Waals surface area contributed by atoms with Crippen molar-refractivity contribution in [3.8, 4) is 5.69 Å². The Bertz CT molecular complexity index is 494. The normalized spacial score (nSPS) is 12.6. The summed E-state index contributed by atoms with van der Waals surface area (Å²) in [6.45, 7) is 5.09. The Morgan fingerprint density at radius 2 is 2.28 bits per heavy atom. The van der Waals surface area contributed by atoms with Crippen LogP contribution in [-0.2, 0) is 0 Å². The molecular weight excluding hydrogens is 229 g/mol. The Balaban J connectivity index is 2.20. The minimum absolute atomic E-state index is 0.163. The highest BCUT2D eigenvalue weighted by molar-refractivity contribution is 5.37. The van der Waals surface area contributed by atoms with Gasteiger partial charge in [0.25, 0.3) is 0 Å². The number of imidazole rings is 1. The molecule has 0 amide bonds. The van der Waals surface area contributed by atoms with Gasteiger partial charge in [-0.1, -0.05) is 13.0 Å². The van der Waals surface area contributed by atoms with E-state index in [1.54, 1.807) is 35.4 Å². The summed E-state index contributed by atoms with van der Waals surface area (Å²) in [6.07, 6.45) is 6.03. The van der Waals surface area contributed by atoms with Crippen LogP contribution in [-0.4, -0.2) is 16.1 Å². The zero-order valence-corrected chi connectivity index (χ0v) is 10.7. The molecule has 2 aromatic rings. The van der Waals surface area contributed by atoms with Crippen LogP contribution in [0.3, 0.4) is 0 Å². The highest BCUT2D eigenvalue weighted by atomic mass is 19.1. The summed E-state index contributed by atoms with van der Waals surface area (Å²) < 4.78 is 15.7. The zero-order chi connectivity index (χ0) is 13.0. The van der Waals surface area contributed by atoms with Gasteiger partial charge in [-0.15, -0.1) is 0 Å². The topological polar surface area (TPSA) is 29.9 Å². The van der Waals surface area contributed by atoms with Crippen LogP contribution in [0.15, 0.2) is 36.9 Å². The van der Waals surface area contributed by atoms with Crippen LogP contribution in [0.5, 0.6) is 0 Å². The number of nitrogens with zero attached hydrogens (tertiary/aromatic N) is 2. The number of nitrogens with one attached hydrogen (secondary N) is 1. The molecule has 0 bridgehead atoms. The lowest BCUT2D eigenvalue weighted by molar-refractivity contribution is 0.560. The summed E-state index contributed by atoms with van der Waals surface area (Å²) in [4.78, 5) is 3.92.